The van der Waals surface area contributed by atoms with Gasteiger partial charge in [0.15, 0.2) is 0 Å². The average Bonchev–Trinajstić information content (AvgIpc) is 2.59. The third kappa shape index (κ3) is 5.12. The monoisotopic (exact) mass is 381 g/mol. The first kappa shape index (κ1) is 20.1. The first-order valence-electron chi connectivity index (χ1n) is 8.35. The molecule has 9 heteroatoms. The molecule has 1 aromatic carbocycles. The number of anilines is 1. The Morgan fingerprint density at radius 1 is 0.962 bits per heavy atom. The van der Waals surface area contributed by atoms with Gasteiger partial charge in [-0.15, -0.1) is 0 Å². The van der Waals surface area contributed by atoms with Crippen LogP contribution in [0, 0.1) is 0 Å². The van der Waals surface area contributed by atoms with E-state index in [2.05, 4.69) is 5.32 Å². The van der Waals surface area contributed by atoms with Crippen LogP contribution in [0.1, 0.15) is 26.7 Å². The maximum atomic E-state index is 12.7. The van der Waals surface area contributed by atoms with Gasteiger partial charge < -0.3 is 15.0 Å². The Morgan fingerprint density at radius 3 is 2.04 bits per heavy atom. The summed E-state index contributed by atoms with van der Waals surface area (Å²) in [6.07, 6.45) is 0.366. The van der Waals surface area contributed by atoms with Gasteiger partial charge in [0.1, 0.15) is 5.78 Å². The molecule has 1 fully saturated rings. The van der Waals surface area contributed by atoms with E-state index in [0.29, 0.717) is 18.8 Å². The SMILES string of the molecule is CC(=O)CCC(=O)N1CCN(S(=O)(=O)c2ccc(NC(C)=O)cc2)CC1. The second kappa shape index (κ2) is 8.41. The fraction of sp³-hybridized carbons (Fsp3) is 0.471. The summed E-state index contributed by atoms with van der Waals surface area (Å²) in [5.74, 6) is -0.398. The zero-order chi connectivity index (χ0) is 19.3. The lowest BCUT2D eigenvalue weighted by atomic mass is 10.2. The van der Waals surface area contributed by atoms with Gasteiger partial charge in [-0.3, -0.25) is 9.59 Å². The van der Waals surface area contributed by atoms with Gasteiger partial charge in [-0.1, -0.05) is 0 Å². The quantitative estimate of drug-likeness (QED) is 0.787. The molecule has 2 amide bonds. The van der Waals surface area contributed by atoms with Gasteiger partial charge in [0.05, 0.1) is 4.90 Å². The Kier molecular flexibility index (Phi) is 6.49. The van der Waals surface area contributed by atoms with Crippen molar-refractivity contribution in [2.45, 2.75) is 31.6 Å². The number of benzene rings is 1. The second-order valence-electron chi connectivity index (χ2n) is 6.19. The summed E-state index contributed by atoms with van der Waals surface area (Å²) in [6.45, 7) is 3.85. The number of Topliss-reactive ketones (excluding diaryl/α,β-unsaturated/α-hetero) is 1. The lowest BCUT2D eigenvalue weighted by Gasteiger charge is -2.34. The van der Waals surface area contributed by atoms with Crippen molar-refractivity contribution in [1.29, 1.82) is 0 Å². The molecule has 1 aromatic rings. The highest BCUT2D eigenvalue weighted by Gasteiger charge is 2.30. The first-order valence-corrected chi connectivity index (χ1v) is 9.79. The zero-order valence-electron chi connectivity index (χ0n) is 14.9. The molecular weight excluding hydrogens is 358 g/mol. The highest BCUT2D eigenvalue weighted by Crippen LogP contribution is 2.20. The fourth-order valence-corrected chi connectivity index (χ4v) is 4.10. The predicted octanol–water partition coefficient (Wildman–Crippen LogP) is 0.847. The largest absolute Gasteiger partial charge is 0.340 e. The van der Waals surface area contributed by atoms with Crippen molar-refractivity contribution >= 4 is 33.3 Å². The number of ketones is 1. The zero-order valence-corrected chi connectivity index (χ0v) is 15.7. The Labute approximate surface area is 153 Å². The molecule has 1 saturated heterocycles. The molecule has 0 bridgehead atoms. The molecule has 0 saturated carbocycles. The number of hydrogen-bond donors (Lipinski definition) is 1. The van der Waals surface area contributed by atoms with E-state index in [-0.39, 0.29) is 48.4 Å². The summed E-state index contributed by atoms with van der Waals surface area (Å²) in [6, 6.07) is 5.97. The smallest absolute Gasteiger partial charge is 0.243 e. The summed E-state index contributed by atoms with van der Waals surface area (Å²) >= 11 is 0. The van der Waals surface area contributed by atoms with Crippen LogP contribution >= 0.6 is 0 Å². The number of nitrogens with one attached hydrogen (secondary N) is 1. The van der Waals surface area contributed by atoms with E-state index >= 15 is 0 Å². The van der Waals surface area contributed by atoms with E-state index in [9.17, 15) is 22.8 Å². The summed E-state index contributed by atoms with van der Waals surface area (Å²) in [5, 5.41) is 2.59. The number of carbonyl (C=O) groups is 3. The van der Waals surface area contributed by atoms with Crippen LogP contribution in [-0.2, 0) is 24.4 Å². The molecule has 0 radical (unpaired) electrons. The van der Waals surface area contributed by atoms with E-state index in [1.165, 1.54) is 42.4 Å². The summed E-state index contributed by atoms with van der Waals surface area (Å²) in [7, 11) is -3.65. The summed E-state index contributed by atoms with van der Waals surface area (Å²) in [5.41, 5.74) is 0.525. The van der Waals surface area contributed by atoms with E-state index in [1.807, 2.05) is 0 Å². The normalized spacial score (nSPS) is 15.5. The van der Waals surface area contributed by atoms with Crippen LogP contribution in [0.4, 0.5) is 5.69 Å². The van der Waals surface area contributed by atoms with Crippen LogP contribution in [0.3, 0.4) is 0 Å². The van der Waals surface area contributed by atoms with Gasteiger partial charge in [0.2, 0.25) is 21.8 Å². The van der Waals surface area contributed by atoms with Gasteiger partial charge in [-0.25, -0.2) is 8.42 Å². The van der Waals surface area contributed by atoms with Gasteiger partial charge >= 0.3 is 0 Å². The number of rotatable bonds is 6. The van der Waals surface area contributed by atoms with Gasteiger partial charge in [0, 0.05) is 51.6 Å². The topological polar surface area (TPSA) is 104 Å². The van der Waals surface area contributed by atoms with Crippen molar-refractivity contribution in [3.63, 3.8) is 0 Å². The lowest BCUT2D eigenvalue weighted by Crippen LogP contribution is -2.50. The third-order valence-electron chi connectivity index (χ3n) is 4.09. The molecule has 0 spiro atoms. The maximum Gasteiger partial charge on any atom is 0.243 e. The minimum atomic E-state index is -3.65. The van der Waals surface area contributed by atoms with Crippen LogP contribution in [0.2, 0.25) is 0 Å². The number of piperazine rings is 1. The molecular formula is C17H23N3O5S. The molecule has 0 aromatic heterocycles. The Morgan fingerprint density at radius 2 is 1.54 bits per heavy atom. The lowest BCUT2D eigenvalue weighted by molar-refractivity contribution is -0.134. The molecule has 1 N–H and O–H groups in total. The molecule has 142 valence electrons. The van der Waals surface area contributed by atoms with Crippen molar-refractivity contribution in [3.05, 3.63) is 24.3 Å². The summed E-state index contributed by atoms with van der Waals surface area (Å²) in [4.78, 5) is 35.8. The minimum Gasteiger partial charge on any atom is -0.340 e. The van der Waals surface area contributed by atoms with Crippen molar-refractivity contribution in [3.8, 4) is 0 Å². The van der Waals surface area contributed by atoms with Crippen LogP contribution in [0.15, 0.2) is 29.2 Å². The number of nitrogens with zero attached hydrogens (tertiary/aromatic N) is 2. The molecule has 1 aliphatic heterocycles. The van der Waals surface area contributed by atoms with Crippen LogP contribution in [-0.4, -0.2) is 61.4 Å². The maximum absolute atomic E-state index is 12.7. The number of hydrogen-bond acceptors (Lipinski definition) is 5. The Bertz CT molecular complexity index is 781. The molecule has 1 aliphatic rings. The number of carbonyl (C=O) groups excluding carboxylic acids is 3. The van der Waals surface area contributed by atoms with Crippen LogP contribution < -0.4 is 5.32 Å². The Hall–Kier alpha value is -2.26. The van der Waals surface area contributed by atoms with Crippen molar-refractivity contribution < 1.29 is 22.8 Å². The Balaban J connectivity index is 1.98. The molecule has 2 rings (SSSR count). The van der Waals surface area contributed by atoms with E-state index in [1.54, 1.807) is 4.90 Å². The van der Waals surface area contributed by atoms with E-state index in [0.717, 1.165) is 0 Å². The predicted molar refractivity (Wildman–Crippen MR) is 96.0 cm³/mol. The van der Waals surface area contributed by atoms with Gasteiger partial charge in [-0.05, 0) is 31.2 Å². The minimum absolute atomic E-state index is 0.0396. The third-order valence-corrected chi connectivity index (χ3v) is 6.01. The number of sulfonamides is 1. The molecule has 0 atom stereocenters. The molecule has 8 nitrogen and oxygen atoms in total. The highest BCUT2D eigenvalue weighted by atomic mass is 32.2. The van der Waals surface area contributed by atoms with Crippen LogP contribution in [0.5, 0.6) is 0 Å². The van der Waals surface area contributed by atoms with Crippen molar-refractivity contribution in [2.75, 3.05) is 31.5 Å². The van der Waals surface area contributed by atoms with Gasteiger partial charge in [-0.2, -0.15) is 4.31 Å². The molecule has 1 heterocycles. The first-order chi connectivity index (χ1) is 12.2. The van der Waals surface area contributed by atoms with E-state index in [4.69, 9.17) is 0 Å². The second-order valence-corrected chi connectivity index (χ2v) is 8.13. The fourth-order valence-electron chi connectivity index (χ4n) is 2.68. The van der Waals surface area contributed by atoms with Crippen LogP contribution in [0.25, 0.3) is 0 Å². The van der Waals surface area contributed by atoms with E-state index < -0.39 is 10.0 Å². The summed E-state index contributed by atoms with van der Waals surface area (Å²) < 4.78 is 26.7. The molecule has 0 unspecified atom stereocenters. The average molecular weight is 381 g/mol. The van der Waals surface area contributed by atoms with Crippen molar-refractivity contribution in [1.82, 2.24) is 9.21 Å². The highest BCUT2D eigenvalue weighted by molar-refractivity contribution is 7.89. The molecule has 0 aliphatic carbocycles. The van der Waals surface area contributed by atoms with Crippen molar-refractivity contribution in [2.24, 2.45) is 0 Å². The van der Waals surface area contributed by atoms with Gasteiger partial charge in [0.25, 0.3) is 0 Å². The standard InChI is InChI=1S/C17H23N3O5S/c1-13(21)3-8-17(23)19-9-11-20(12-10-19)26(24,25)16-6-4-15(5-7-16)18-14(2)22/h4-7H,3,8-12H2,1-2H3,(H,18,22). The number of amides is 2. The molecule has 26 heavy (non-hydrogen) atoms.